The van der Waals surface area contributed by atoms with Crippen molar-refractivity contribution in [3.05, 3.63) is 54.2 Å². The lowest BCUT2D eigenvalue weighted by atomic mass is 10.0. The summed E-state index contributed by atoms with van der Waals surface area (Å²) in [4.78, 5) is 22.0. The molecule has 8 heteroatoms. The van der Waals surface area contributed by atoms with E-state index in [9.17, 15) is 4.79 Å². The van der Waals surface area contributed by atoms with Gasteiger partial charge in [-0.3, -0.25) is 4.79 Å². The van der Waals surface area contributed by atoms with Gasteiger partial charge in [0.15, 0.2) is 10.8 Å². The van der Waals surface area contributed by atoms with Crippen LogP contribution >= 0.6 is 11.8 Å². The molecule has 4 rings (SSSR count). The predicted octanol–water partition coefficient (Wildman–Crippen LogP) is 4.66. The van der Waals surface area contributed by atoms with E-state index in [0.717, 1.165) is 51.3 Å². The lowest BCUT2D eigenvalue weighted by Gasteiger charge is -2.11. The molecule has 2 aromatic carbocycles. The number of rotatable bonds is 10. The summed E-state index contributed by atoms with van der Waals surface area (Å²) in [5.41, 5.74) is 1.82. The highest BCUT2D eigenvalue weighted by Crippen LogP contribution is 2.26. The van der Waals surface area contributed by atoms with Gasteiger partial charge in [-0.05, 0) is 22.8 Å². The second-order valence-corrected chi connectivity index (χ2v) is 9.76. The number of amides is 1. The van der Waals surface area contributed by atoms with Gasteiger partial charge in [-0.1, -0.05) is 75.0 Å². The van der Waals surface area contributed by atoms with Gasteiger partial charge in [0, 0.05) is 18.3 Å². The minimum Gasteiger partial charge on any atom is -0.369 e. The van der Waals surface area contributed by atoms with Crippen molar-refractivity contribution in [3.8, 4) is 0 Å². The third-order valence-electron chi connectivity index (χ3n) is 5.24. The van der Waals surface area contributed by atoms with Crippen LogP contribution in [-0.4, -0.2) is 44.0 Å². The van der Waals surface area contributed by atoms with Gasteiger partial charge >= 0.3 is 0 Å². The van der Waals surface area contributed by atoms with Crippen molar-refractivity contribution in [2.24, 2.45) is 0 Å². The summed E-state index contributed by atoms with van der Waals surface area (Å²) in [5.74, 6) is 0.815. The summed E-state index contributed by atoms with van der Waals surface area (Å²) in [6, 6.07) is 14.2. The summed E-state index contributed by atoms with van der Waals surface area (Å²) < 4.78 is 1.84. The fraction of sp³-hybridized carbons (Fsp3) is 0.360. The first-order valence-electron chi connectivity index (χ1n) is 11.4. The average molecular weight is 463 g/mol. The number of fused-ring (bicyclic) bond motifs is 2. The van der Waals surface area contributed by atoms with Gasteiger partial charge in [-0.2, -0.15) is 5.10 Å². The van der Waals surface area contributed by atoms with Gasteiger partial charge in [-0.25, -0.2) is 14.6 Å². The van der Waals surface area contributed by atoms with Crippen molar-refractivity contribution in [1.29, 1.82) is 0 Å². The van der Waals surface area contributed by atoms with Crippen molar-refractivity contribution >= 4 is 45.3 Å². The molecular formula is C25H30N6OS. The molecule has 172 valence electrons. The van der Waals surface area contributed by atoms with Crippen molar-refractivity contribution < 1.29 is 4.79 Å². The van der Waals surface area contributed by atoms with E-state index < -0.39 is 0 Å². The van der Waals surface area contributed by atoms with Gasteiger partial charge < -0.3 is 10.6 Å². The molecule has 0 aliphatic rings. The Bertz CT molecular complexity index is 1250. The molecule has 0 bridgehead atoms. The number of hydrogen-bond donors (Lipinski definition) is 2. The second kappa shape index (κ2) is 10.7. The van der Waals surface area contributed by atoms with E-state index >= 15 is 0 Å². The molecule has 33 heavy (non-hydrogen) atoms. The number of thioether (sulfide) groups is 1. The largest absolute Gasteiger partial charge is 0.369 e. The zero-order chi connectivity index (χ0) is 23.2. The predicted molar refractivity (Wildman–Crippen MR) is 136 cm³/mol. The SMILES string of the molecule is CCCNc1nc(SC(C)C)nc2c1cnn2CCNC(=O)Cc1cccc2ccccc12. The van der Waals surface area contributed by atoms with E-state index in [1.807, 2.05) is 28.9 Å². The normalized spacial score (nSPS) is 11.4. The van der Waals surface area contributed by atoms with E-state index in [2.05, 4.69) is 59.7 Å². The van der Waals surface area contributed by atoms with Crippen LogP contribution in [0.3, 0.4) is 0 Å². The zero-order valence-corrected chi connectivity index (χ0v) is 20.2. The van der Waals surface area contributed by atoms with Gasteiger partial charge in [0.25, 0.3) is 0 Å². The van der Waals surface area contributed by atoms with E-state index in [4.69, 9.17) is 4.98 Å². The molecule has 0 atom stereocenters. The molecule has 0 radical (unpaired) electrons. The maximum atomic E-state index is 12.6. The summed E-state index contributed by atoms with van der Waals surface area (Å²) in [6.07, 6.45) is 3.16. The van der Waals surface area contributed by atoms with Crippen LogP contribution in [0.25, 0.3) is 21.8 Å². The molecule has 4 aromatic rings. The van der Waals surface area contributed by atoms with Crippen LogP contribution in [0, 0.1) is 0 Å². The minimum atomic E-state index is -0.00112. The molecule has 2 heterocycles. The quantitative estimate of drug-likeness (QED) is 0.263. The van der Waals surface area contributed by atoms with Crippen LogP contribution in [0.1, 0.15) is 32.8 Å². The topological polar surface area (TPSA) is 84.7 Å². The van der Waals surface area contributed by atoms with Crippen molar-refractivity contribution in [2.45, 2.75) is 50.6 Å². The zero-order valence-electron chi connectivity index (χ0n) is 19.3. The molecule has 1 amide bonds. The van der Waals surface area contributed by atoms with Crippen LogP contribution in [-0.2, 0) is 17.8 Å². The summed E-state index contributed by atoms with van der Waals surface area (Å²) in [7, 11) is 0. The number of nitrogens with zero attached hydrogens (tertiary/aromatic N) is 4. The van der Waals surface area contributed by atoms with Crippen LogP contribution in [0.5, 0.6) is 0 Å². The van der Waals surface area contributed by atoms with Gasteiger partial charge in [0.2, 0.25) is 5.91 Å². The lowest BCUT2D eigenvalue weighted by molar-refractivity contribution is -0.120. The number of benzene rings is 2. The van der Waals surface area contributed by atoms with Crippen LogP contribution in [0.15, 0.2) is 53.8 Å². The second-order valence-electron chi connectivity index (χ2n) is 8.22. The maximum absolute atomic E-state index is 12.6. The smallest absolute Gasteiger partial charge is 0.224 e. The van der Waals surface area contributed by atoms with Crippen molar-refractivity contribution in [1.82, 2.24) is 25.1 Å². The van der Waals surface area contributed by atoms with E-state index in [1.165, 1.54) is 0 Å². The van der Waals surface area contributed by atoms with Gasteiger partial charge in [0.05, 0.1) is 24.5 Å². The van der Waals surface area contributed by atoms with Crippen molar-refractivity contribution in [3.63, 3.8) is 0 Å². The highest BCUT2D eigenvalue weighted by molar-refractivity contribution is 7.99. The third kappa shape index (κ3) is 5.63. The Morgan fingerprint density at radius 1 is 1.06 bits per heavy atom. The Morgan fingerprint density at radius 3 is 2.70 bits per heavy atom. The minimum absolute atomic E-state index is 0.00112. The molecule has 0 saturated heterocycles. The Balaban J connectivity index is 1.44. The maximum Gasteiger partial charge on any atom is 0.224 e. The molecule has 0 aliphatic heterocycles. The molecule has 0 aliphatic carbocycles. The Hall–Kier alpha value is -3.13. The van der Waals surface area contributed by atoms with Crippen molar-refractivity contribution in [2.75, 3.05) is 18.4 Å². The number of carbonyl (C=O) groups is 1. The standard InChI is InChI=1S/C25H30N6OS/c1-4-12-27-23-21-16-28-31(24(21)30-25(29-23)33-17(2)3)14-13-26-22(32)15-19-10-7-9-18-8-5-6-11-20(18)19/h5-11,16-17H,4,12-15H2,1-3H3,(H,26,32)(H,27,29,30). The van der Waals surface area contributed by atoms with Gasteiger partial charge in [0.1, 0.15) is 5.82 Å². The first-order chi connectivity index (χ1) is 16.0. The van der Waals surface area contributed by atoms with E-state index in [-0.39, 0.29) is 5.91 Å². The molecule has 0 fully saturated rings. The molecule has 0 unspecified atom stereocenters. The van der Waals surface area contributed by atoms with Gasteiger partial charge in [-0.15, -0.1) is 0 Å². The fourth-order valence-electron chi connectivity index (χ4n) is 3.72. The monoisotopic (exact) mass is 462 g/mol. The Morgan fingerprint density at radius 2 is 1.88 bits per heavy atom. The summed E-state index contributed by atoms with van der Waals surface area (Å²) >= 11 is 1.63. The highest BCUT2D eigenvalue weighted by atomic mass is 32.2. The third-order valence-corrected chi connectivity index (χ3v) is 6.10. The molecule has 2 N–H and O–H groups in total. The molecule has 0 spiro atoms. The average Bonchev–Trinajstić information content (AvgIpc) is 3.20. The number of anilines is 1. The number of nitrogens with one attached hydrogen (secondary N) is 2. The van der Waals surface area contributed by atoms with Crippen LogP contribution < -0.4 is 10.6 Å². The Labute approximate surface area is 198 Å². The molecule has 7 nitrogen and oxygen atoms in total. The van der Waals surface area contributed by atoms with Crippen LogP contribution in [0.2, 0.25) is 0 Å². The molecule has 0 saturated carbocycles. The van der Waals surface area contributed by atoms with E-state index in [1.54, 1.807) is 18.0 Å². The Kier molecular flexibility index (Phi) is 7.44. The van der Waals surface area contributed by atoms with Crippen LogP contribution in [0.4, 0.5) is 5.82 Å². The number of aromatic nitrogens is 4. The fourth-order valence-corrected chi connectivity index (χ4v) is 4.43. The summed E-state index contributed by atoms with van der Waals surface area (Å²) in [5, 5.41) is 15.2. The van der Waals surface area contributed by atoms with E-state index in [0.29, 0.717) is 24.8 Å². The lowest BCUT2D eigenvalue weighted by Crippen LogP contribution is -2.29. The highest BCUT2D eigenvalue weighted by Gasteiger charge is 2.14. The molecule has 2 aromatic heterocycles. The number of hydrogen-bond acceptors (Lipinski definition) is 6. The summed E-state index contributed by atoms with van der Waals surface area (Å²) in [6.45, 7) is 8.24. The number of carbonyl (C=O) groups excluding carboxylic acids is 1. The first-order valence-corrected chi connectivity index (χ1v) is 12.3. The molecular weight excluding hydrogens is 432 g/mol. The first kappa shape index (κ1) is 23.0.